The second-order valence-electron chi connectivity index (χ2n) is 9.33. The second-order valence-corrected chi connectivity index (χ2v) is 9.76. The molecule has 0 aliphatic heterocycles. The molecule has 12 heteroatoms. The van der Waals surface area contributed by atoms with Gasteiger partial charge < -0.3 is 24.8 Å². The number of para-hydroxylation sites is 2. The number of carboxylic acids is 1. The molecule has 0 atom stereocenters. The molecule has 43 heavy (non-hydrogen) atoms. The highest BCUT2D eigenvalue weighted by molar-refractivity contribution is 6.30. The Morgan fingerprint density at radius 2 is 1.67 bits per heavy atom. The van der Waals surface area contributed by atoms with Crippen LogP contribution in [0.4, 0.5) is 22.4 Å². The maximum atomic E-state index is 13.0. The van der Waals surface area contributed by atoms with E-state index in [9.17, 15) is 14.7 Å². The van der Waals surface area contributed by atoms with Crippen LogP contribution in [0.5, 0.6) is 17.5 Å². The molecule has 0 aliphatic rings. The van der Waals surface area contributed by atoms with Gasteiger partial charge in [0.2, 0.25) is 11.9 Å². The summed E-state index contributed by atoms with van der Waals surface area (Å²) < 4.78 is 11.3. The predicted octanol–water partition coefficient (Wildman–Crippen LogP) is 6.60. The van der Waals surface area contributed by atoms with Crippen molar-refractivity contribution >= 4 is 52.0 Å². The van der Waals surface area contributed by atoms with E-state index in [4.69, 9.17) is 21.1 Å². The van der Waals surface area contributed by atoms with Crippen molar-refractivity contribution in [2.75, 3.05) is 29.2 Å². The van der Waals surface area contributed by atoms with Crippen LogP contribution in [0.1, 0.15) is 12.0 Å². The van der Waals surface area contributed by atoms with Crippen molar-refractivity contribution in [1.82, 2.24) is 15.0 Å². The molecular weight excluding hydrogens is 572 g/mol. The van der Waals surface area contributed by atoms with Crippen LogP contribution < -0.4 is 25.0 Å². The molecule has 0 saturated heterocycles. The number of amides is 2. The van der Waals surface area contributed by atoms with Gasteiger partial charge >= 0.3 is 18.0 Å². The summed E-state index contributed by atoms with van der Waals surface area (Å²) in [6.07, 6.45) is -0.190. The lowest BCUT2D eigenvalue weighted by atomic mass is 10.1. The van der Waals surface area contributed by atoms with Gasteiger partial charge in [0.1, 0.15) is 11.5 Å². The van der Waals surface area contributed by atoms with Crippen molar-refractivity contribution in [3.05, 3.63) is 102 Å². The fourth-order valence-corrected chi connectivity index (χ4v) is 4.48. The summed E-state index contributed by atoms with van der Waals surface area (Å²) in [4.78, 5) is 39.4. The van der Waals surface area contributed by atoms with Gasteiger partial charge in [0.25, 0.3) is 0 Å². The number of rotatable bonds is 11. The van der Waals surface area contributed by atoms with E-state index in [0.29, 0.717) is 22.2 Å². The molecule has 0 radical (unpaired) electrons. The van der Waals surface area contributed by atoms with Gasteiger partial charge in [0.15, 0.2) is 0 Å². The van der Waals surface area contributed by atoms with Gasteiger partial charge in [0.05, 0.1) is 19.2 Å². The summed E-state index contributed by atoms with van der Waals surface area (Å²) in [5, 5.41) is 17.3. The molecule has 0 saturated carbocycles. The van der Waals surface area contributed by atoms with Gasteiger partial charge in [-0.15, -0.1) is 0 Å². The van der Waals surface area contributed by atoms with Gasteiger partial charge in [-0.05, 0) is 52.7 Å². The Labute approximate surface area is 252 Å². The number of methoxy groups -OCH3 is 1. The molecule has 1 heterocycles. The van der Waals surface area contributed by atoms with Crippen molar-refractivity contribution in [2.45, 2.75) is 13.0 Å². The van der Waals surface area contributed by atoms with Crippen molar-refractivity contribution in [3.63, 3.8) is 0 Å². The van der Waals surface area contributed by atoms with Crippen LogP contribution in [0.15, 0.2) is 91.0 Å². The number of hydrogen-bond acceptors (Lipinski definition) is 8. The number of carbonyl (C=O) groups is 2. The number of aliphatic carboxylic acids is 1. The summed E-state index contributed by atoms with van der Waals surface area (Å²) in [7, 11) is 1.50. The summed E-state index contributed by atoms with van der Waals surface area (Å²) in [5.41, 5.74) is 1.24. The van der Waals surface area contributed by atoms with E-state index in [0.717, 1.165) is 16.3 Å². The average Bonchev–Trinajstić information content (AvgIpc) is 2.99. The number of carboxylic acid groups (broad SMARTS) is 1. The van der Waals surface area contributed by atoms with Gasteiger partial charge in [-0.25, -0.2) is 4.79 Å². The Morgan fingerprint density at radius 3 is 2.47 bits per heavy atom. The highest BCUT2D eigenvalue weighted by Crippen LogP contribution is 2.27. The molecule has 5 aromatic rings. The molecule has 0 unspecified atom stereocenters. The Hall–Kier alpha value is -5.42. The summed E-state index contributed by atoms with van der Waals surface area (Å²) >= 11 is 6.19. The summed E-state index contributed by atoms with van der Waals surface area (Å²) in [6.45, 7) is 0.300. The number of nitrogens with one attached hydrogen (secondary N) is 2. The second kappa shape index (κ2) is 13.5. The molecule has 0 aliphatic carbocycles. The Balaban J connectivity index is 1.49. The molecule has 1 aromatic heterocycles. The zero-order valence-corrected chi connectivity index (χ0v) is 23.8. The van der Waals surface area contributed by atoms with Crippen LogP contribution in [0.25, 0.3) is 10.8 Å². The molecule has 2 amide bonds. The monoisotopic (exact) mass is 598 g/mol. The number of aromatic nitrogens is 3. The third-order valence-electron chi connectivity index (χ3n) is 6.25. The minimum atomic E-state index is -0.993. The molecule has 5 rings (SSSR count). The van der Waals surface area contributed by atoms with Crippen LogP contribution in [0, 0.1) is 0 Å². The number of hydrogen-bond donors (Lipinski definition) is 3. The van der Waals surface area contributed by atoms with Crippen LogP contribution in [-0.2, 0) is 11.3 Å². The smallest absolute Gasteiger partial charge is 0.328 e. The summed E-state index contributed by atoms with van der Waals surface area (Å²) in [6, 6.07) is 26.7. The largest absolute Gasteiger partial charge is 0.495 e. The predicted molar refractivity (Wildman–Crippen MR) is 164 cm³/mol. The minimum absolute atomic E-state index is 0.0636. The number of benzene rings is 4. The van der Waals surface area contributed by atoms with Crippen molar-refractivity contribution in [1.29, 1.82) is 0 Å². The molecule has 0 fully saturated rings. The maximum Gasteiger partial charge on any atom is 0.328 e. The van der Waals surface area contributed by atoms with E-state index in [1.54, 1.807) is 53.4 Å². The van der Waals surface area contributed by atoms with E-state index in [1.165, 1.54) is 7.11 Å². The summed E-state index contributed by atoms with van der Waals surface area (Å²) in [5.74, 6) is -0.0746. The van der Waals surface area contributed by atoms with E-state index in [-0.39, 0.29) is 37.4 Å². The lowest BCUT2D eigenvalue weighted by molar-refractivity contribution is -0.136. The molecule has 11 nitrogen and oxygen atoms in total. The zero-order valence-electron chi connectivity index (χ0n) is 23.0. The van der Waals surface area contributed by atoms with E-state index in [1.807, 2.05) is 42.5 Å². The normalized spacial score (nSPS) is 10.7. The Morgan fingerprint density at radius 1 is 0.884 bits per heavy atom. The van der Waals surface area contributed by atoms with Crippen molar-refractivity contribution in [2.24, 2.45) is 0 Å². The highest BCUT2D eigenvalue weighted by Gasteiger charge is 2.19. The number of fused-ring (bicyclic) bond motifs is 1. The molecule has 4 aromatic carbocycles. The zero-order chi connectivity index (χ0) is 30.2. The van der Waals surface area contributed by atoms with Crippen molar-refractivity contribution in [3.8, 4) is 17.5 Å². The van der Waals surface area contributed by atoms with Gasteiger partial charge in [-0.3, -0.25) is 10.1 Å². The molecule has 218 valence electrons. The average molecular weight is 599 g/mol. The van der Waals surface area contributed by atoms with Gasteiger partial charge in [0, 0.05) is 18.1 Å². The van der Waals surface area contributed by atoms with Crippen LogP contribution in [0.3, 0.4) is 0 Å². The van der Waals surface area contributed by atoms with E-state index >= 15 is 0 Å². The molecule has 3 N–H and O–H groups in total. The number of urea groups is 1. The molecular formula is C31H27ClN6O5. The SMILES string of the molecule is COc1ccccc1NC(=O)Nc1nc(Oc2ccc3ccccc3c2)nc(N(CCC(=O)O)Cc2cccc(Cl)c2)n1. The fourth-order valence-electron chi connectivity index (χ4n) is 4.26. The third kappa shape index (κ3) is 7.86. The number of halogens is 1. The fraction of sp³-hybridized carbons (Fsp3) is 0.129. The number of nitrogens with zero attached hydrogens (tertiary/aromatic N) is 4. The number of carbonyl (C=O) groups excluding carboxylic acids is 1. The van der Waals surface area contributed by atoms with E-state index in [2.05, 4.69) is 25.6 Å². The van der Waals surface area contributed by atoms with Gasteiger partial charge in [-0.1, -0.05) is 66.2 Å². The first-order chi connectivity index (χ1) is 20.9. The first kappa shape index (κ1) is 29.1. The number of ether oxygens (including phenoxy) is 2. The minimum Gasteiger partial charge on any atom is -0.495 e. The quantitative estimate of drug-likeness (QED) is 0.153. The molecule has 0 spiro atoms. The Bertz CT molecular complexity index is 1770. The highest BCUT2D eigenvalue weighted by atomic mass is 35.5. The first-order valence-corrected chi connectivity index (χ1v) is 13.6. The number of anilines is 3. The van der Waals surface area contributed by atoms with E-state index < -0.39 is 12.0 Å². The first-order valence-electron chi connectivity index (χ1n) is 13.2. The van der Waals surface area contributed by atoms with Crippen LogP contribution in [0.2, 0.25) is 5.02 Å². The third-order valence-corrected chi connectivity index (χ3v) is 6.49. The van der Waals surface area contributed by atoms with Crippen molar-refractivity contribution < 1.29 is 24.2 Å². The Kier molecular flexibility index (Phi) is 9.13. The van der Waals surface area contributed by atoms with Crippen LogP contribution in [-0.4, -0.2) is 45.7 Å². The lowest BCUT2D eigenvalue weighted by Crippen LogP contribution is -2.29. The maximum absolute atomic E-state index is 13.0. The standard InChI is InChI=1S/C31H27ClN6O5/c1-42-26-12-5-4-11-25(26)33-30(41)35-28-34-29(38(16-15-27(39)40)19-20-7-6-10-23(32)17-20)37-31(36-28)43-24-14-13-21-8-2-3-9-22(21)18-24/h2-14,17-18H,15-16,19H2,1H3,(H,39,40)(H2,33,34,35,36,37,41). The topological polar surface area (TPSA) is 139 Å². The lowest BCUT2D eigenvalue weighted by Gasteiger charge is -2.23. The molecule has 0 bridgehead atoms. The van der Waals surface area contributed by atoms with Crippen LogP contribution >= 0.6 is 11.6 Å². The van der Waals surface area contributed by atoms with Gasteiger partial charge in [-0.2, -0.15) is 15.0 Å².